The fraction of sp³-hybridized carbons (Fsp3) is 0.311. The summed E-state index contributed by atoms with van der Waals surface area (Å²) in [5.74, 6) is 5.06. The van der Waals surface area contributed by atoms with Crippen LogP contribution in [0.25, 0.3) is 44.1 Å². The first-order chi connectivity index (χ1) is 36.8. The van der Waals surface area contributed by atoms with Crippen LogP contribution in [0.4, 0.5) is 11.9 Å². The molecule has 2 saturated heterocycles. The molecule has 8 heterocycles. The van der Waals surface area contributed by atoms with Crippen LogP contribution in [0.2, 0.25) is 0 Å². The zero-order chi connectivity index (χ0) is 50.6. The normalized spacial score (nSPS) is 18.9. The van der Waals surface area contributed by atoms with Crippen LogP contribution < -0.4 is 28.7 Å². The van der Waals surface area contributed by atoms with E-state index in [0.29, 0.717) is 52.4 Å². The lowest BCUT2D eigenvalue weighted by molar-refractivity contribution is -0.135. The second-order valence-electron chi connectivity index (χ2n) is 20.4. The van der Waals surface area contributed by atoms with Crippen molar-refractivity contribution >= 4 is 45.5 Å². The third kappa shape index (κ3) is 8.95. The number of fused-ring (bicyclic) bond motifs is 6. The topological polar surface area (TPSA) is 136 Å². The maximum atomic E-state index is 13.0. The number of carbonyl (C=O) groups excluding carboxylic acids is 2. The Hall–Kier alpha value is -8.26. The minimum atomic E-state index is 0.165. The lowest BCUT2D eigenvalue weighted by Gasteiger charge is -2.41. The third-order valence-corrected chi connectivity index (χ3v) is 15.8. The van der Waals surface area contributed by atoms with Gasteiger partial charge in [-0.25, -0.2) is 19.9 Å². The van der Waals surface area contributed by atoms with Crippen LogP contribution in [-0.4, -0.2) is 106 Å². The van der Waals surface area contributed by atoms with Crippen LogP contribution in [-0.2, 0) is 35.5 Å². The number of rotatable bonds is 6. The SMILES string of the molecule is Cc1nc(N2CCC(N3Cc4ccccc4CC3=O)C2)nc2ccc(-c3cccc4c3OCCO4)cc12.Cc1nc(N2CCCC(N3Cc4ccccc4CC3=O)C2)nc2ccc(-c3cccc4c3OCCO4)cc12. The van der Waals surface area contributed by atoms with Gasteiger partial charge in [0.2, 0.25) is 23.7 Å². The molecule has 0 radical (unpaired) electrons. The molecule has 2 unspecified atom stereocenters. The lowest BCUT2D eigenvalue weighted by Crippen LogP contribution is -2.52. The molecule has 0 saturated carbocycles. The standard InChI is InChI=1S/C31H30N4O3.C30H28N4O3/c1-20-26-16-22(25-9-4-10-28-30(25)38-15-14-37-28)11-12-27(26)33-31(32-20)34-13-5-8-24(19-34)35-18-23-7-3-2-6-21(23)17-29(35)36;1-19-25-15-21(24-7-4-8-27-29(24)37-14-13-36-27)9-10-26(25)32-30(31-19)33-12-11-23(18-33)34-17-22-6-3-2-5-20(22)16-28(34)35/h2-4,6-7,9-12,16,24H,5,8,13-15,17-19H2,1H3;2-10,15,23H,11-14,16-18H2,1H3. The number of aryl methyl sites for hydroxylation is 2. The first kappa shape index (κ1) is 46.5. The molecule has 0 bridgehead atoms. The summed E-state index contributed by atoms with van der Waals surface area (Å²) in [5, 5.41) is 2.05. The van der Waals surface area contributed by atoms with Gasteiger partial charge in [0.25, 0.3) is 0 Å². The number of amides is 2. The third-order valence-electron chi connectivity index (χ3n) is 15.8. The number of ether oxygens (including phenoxy) is 4. The van der Waals surface area contributed by atoms with Crippen molar-refractivity contribution < 1.29 is 28.5 Å². The van der Waals surface area contributed by atoms with Gasteiger partial charge in [-0.2, -0.15) is 0 Å². The van der Waals surface area contributed by atoms with E-state index in [1.54, 1.807) is 0 Å². The van der Waals surface area contributed by atoms with Gasteiger partial charge >= 0.3 is 0 Å². The van der Waals surface area contributed by atoms with Gasteiger partial charge in [-0.05, 0) is 103 Å². The van der Waals surface area contributed by atoms with Crippen molar-refractivity contribution in [2.24, 2.45) is 0 Å². The fourth-order valence-electron chi connectivity index (χ4n) is 11.8. The molecule has 6 aliphatic heterocycles. The monoisotopic (exact) mass is 998 g/mol. The van der Waals surface area contributed by atoms with E-state index < -0.39 is 0 Å². The molecule has 0 N–H and O–H groups in total. The molecule has 2 amide bonds. The molecule has 2 fully saturated rings. The van der Waals surface area contributed by atoms with Crippen LogP contribution in [0.1, 0.15) is 52.9 Å². The second kappa shape index (κ2) is 19.5. The number of anilines is 2. The summed E-state index contributed by atoms with van der Waals surface area (Å²) in [5.41, 5.74) is 12.7. The van der Waals surface area contributed by atoms with E-state index in [1.165, 1.54) is 11.1 Å². The van der Waals surface area contributed by atoms with Gasteiger partial charge in [0, 0.05) is 67.2 Å². The number of hydrogen-bond acceptors (Lipinski definition) is 12. The second-order valence-corrected chi connectivity index (χ2v) is 20.4. The van der Waals surface area contributed by atoms with Gasteiger partial charge in [-0.15, -0.1) is 0 Å². The Balaban J connectivity index is 0.000000144. The number of benzene rings is 6. The van der Waals surface area contributed by atoms with Crippen molar-refractivity contribution in [2.75, 3.05) is 62.4 Å². The Kier molecular flexibility index (Phi) is 12.1. The van der Waals surface area contributed by atoms with E-state index in [2.05, 4.69) is 105 Å². The number of carbonyl (C=O) groups is 2. The molecule has 2 atom stereocenters. The van der Waals surface area contributed by atoms with Gasteiger partial charge < -0.3 is 38.5 Å². The summed E-state index contributed by atoms with van der Waals surface area (Å²) in [6, 6.07) is 41.5. The number of hydrogen-bond donors (Lipinski definition) is 0. The van der Waals surface area contributed by atoms with Gasteiger partial charge in [-0.3, -0.25) is 9.59 Å². The van der Waals surface area contributed by atoms with E-state index in [0.717, 1.165) is 147 Å². The Morgan fingerprint density at radius 2 is 0.947 bits per heavy atom. The van der Waals surface area contributed by atoms with Gasteiger partial charge in [0.05, 0.1) is 41.3 Å². The zero-order valence-corrected chi connectivity index (χ0v) is 42.3. The summed E-state index contributed by atoms with van der Waals surface area (Å²) in [4.78, 5) is 54.3. The van der Waals surface area contributed by atoms with Crippen molar-refractivity contribution in [3.8, 4) is 45.3 Å². The van der Waals surface area contributed by atoms with Crippen LogP contribution >= 0.6 is 0 Å². The van der Waals surface area contributed by atoms with Crippen molar-refractivity contribution in [2.45, 2.75) is 71.1 Å². The molecule has 8 aromatic rings. The zero-order valence-electron chi connectivity index (χ0n) is 42.3. The molecule has 14 rings (SSSR count). The predicted molar refractivity (Wildman–Crippen MR) is 289 cm³/mol. The highest BCUT2D eigenvalue weighted by Gasteiger charge is 2.36. The smallest absolute Gasteiger partial charge is 0.227 e. The number of para-hydroxylation sites is 2. The Bertz CT molecular complexity index is 3550. The molecule has 14 nitrogen and oxygen atoms in total. The Morgan fingerprint density at radius 1 is 0.480 bits per heavy atom. The summed E-state index contributed by atoms with van der Waals surface area (Å²) in [7, 11) is 0. The van der Waals surface area contributed by atoms with E-state index in [9.17, 15) is 9.59 Å². The molecular weight excluding hydrogens is 941 g/mol. The summed E-state index contributed by atoms with van der Waals surface area (Å²) in [6.45, 7) is 10.9. The van der Waals surface area contributed by atoms with Crippen molar-refractivity contribution in [3.05, 3.63) is 155 Å². The minimum Gasteiger partial charge on any atom is -0.486 e. The average molecular weight is 999 g/mol. The first-order valence-corrected chi connectivity index (χ1v) is 26.3. The molecule has 75 heavy (non-hydrogen) atoms. The number of aromatic nitrogens is 4. The van der Waals surface area contributed by atoms with E-state index in [-0.39, 0.29) is 23.9 Å². The van der Waals surface area contributed by atoms with Gasteiger partial charge in [0.1, 0.15) is 26.4 Å². The van der Waals surface area contributed by atoms with Crippen molar-refractivity contribution in [3.63, 3.8) is 0 Å². The van der Waals surface area contributed by atoms with Crippen LogP contribution in [0.5, 0.6) is 23.0 Å². The van der Waals surface area contributed by atoms with Gasteiger partial charge in [0.15, 0.2) is 23.0 Å². The van der Waals surface area contributed by atoms with E-state index >= 15 is 0 Å². The first-order valence-electron chi connectivity index (χ1n) is 26.3. The molecule has 14 heteroatoms. The summed E-state index contributed by atoms with van der Waals surface area (Å²) >= 11 is 0. The van der Waals surface area contributed by atoms with Crippen LogP contribution in [0.15, 0.2) is 121 Å². The van der Waals surface area contributed by atoms with E-state index in [4.69, 9.17) is 38.9 Å². The van der Waals surface area contributed by atoms with Crippen LogP contribution in [0, 0.1) is 13.8 Å². The average Bonchev–Trinajstić information content (AvgIpc) is 3.95. The molecule has 378 valence electrons. The van der Waals surface area contributed by atoms with Gasteiger partial charge in [-0.1, -0.05) is 84.9 Å². The maximum Gasteiger partial charge on any atom is 0.227 e. The van der Waals surface area contributed by atoms with Crippen LogP contribution in [0.3, 0.4) is 0 Å². The Labute approximate surface area is 435 Å². The summed E-state index contributed by atoms with van der Waals surface area (Å²) < 4.78 is 23.4. The largest absolute Gasteiger partial charge is 0.486 e. The quantitative estimate of drug-likeness (QED) is 0.157. The fourth-order valence-corrected chi connectivity index (χ4v) is 11.8. The highest BCUT2D eigenvalue weighted by Crippen LogP contribution is 2.43. The summed E-state index contributed by atoms with van der Waals surface area (Å²) in [6.07, 6.45) is 3.92. The maximum absolute atomic E-state index is 13.0. The Morgan fingerprint density at radius 3 is 1.47 bits per heavy atom. The van der Waals surface area contributed by atoms with E-state index in [1.807, 2.05) is 50.2 Å². The highest BCUT2D eigenvalue weighted by atomic mass is 16.6. The number of nitrogens with zero attached hydrogens (tertiary/aromatic N) is 8. The number of piperidine rings is 1. The molecule has 6 aromatic carbocycles. The predicted octanol–water partition coefficient (Wildman–Crippen LogP) is 9.47. The molecular formula is C61H58N8O6. The molecule has 6 aliphatic rings. The molecule has 2 aromatic heterocycles. The molecule has 0 aliphatic carbocycles. The van der Waals surface area contributed by atoms with Crippen molar-refractivity contribution in [1.29, 1.82) is 0 Å². The minimum absolute atomic E-state index is 0.165. The molecule has 0 spiro atoms. The lowest BCUT2D eigenvalue weighted by atomic mass is 9.95. The highest BCUT2D eigenvalue weighted by molar-refractivity contribution is 5.90. The van der Waals surface area contributed by atoms with Crippen molar-refractivity contribution in [1.82, 2.24) is 29.7 Å².